The van der Waals surface area contributed by atoms with Crippen molar-refractivity contribution in [2.24, 2.45) is 11.8 Å². The molecule has 3 atom stereocenters. The molecule has 1 aromatic carbocycles. The Morgan fingerprint density at radius 2 is 1.82 bits per heavy atom. The third-order valence-electron chi connectivity index (χ3n) is 8.87. The number of nitrogens with zero attached hydrogens (tertiary/aromatic N) is 6. The first kappa shape index (κ1) is 30.7. The minimum Gasteiger partial charge on any atom is -0.477 e. The van der Waals surface area contributed by atoms with Crippen molar-refractivity contribution < 1.29 is 27.5 Å². The Labute approximate surface area is 261 Å². The first-order valence-corrected chi connectivity index (χ1v) is 17.1. The molecule has 2 fully saturated rings. The van der Waals surface area contributed by atoms with Crippen LogP contribution in [-0.2, 0) is 32.4 Å². The SMILES string of the molecule is O=C1N[C@H](Cc2cn(Cc3ccccc3)nn2)C(=O)N2CC[C@@H](CC(=O)N3CCS(=O)(=O)CC3)[C@@H](CCOc3ncccc31)C2. The zero-order chi connectivity index (χ0) is 31.4. The van der Waals surface area contributed by atoms with Crippen LogP contribution in [0, 0.1) is 11.8 Å². The number of fused-ring (bicyclic) bond motifs is 3. The van der Waals surface area contributed by atoms with Crippen molar-refractivity contribution in [2.45, 2.75) is 38.3 Å². The Morgan fingerprint density at radius 1 is 1.02 bits per heavy atom. The molecule has 3 aliphatic rings. The van der Waals surface area contributed by atoms with Crippen LogP contribution in [0.1, 0.15) is 40.9 Å². The molecule has 2 bridgehead atoms. The summed E-state index contributed by atoms with van der Waals surface area (Å²) in [5.41, 5.74) is 1.86. The van der Waals surface area contributed by atoms with E-state index in [4.69, 9.17) is 4.74 Å². The van der Waals surface area contributed by atoms with E-state index in [1.165, 1.54) is 0 Å². The Kier molecular flexibility index (Phi) is 9.10. The van der Waals surface area contributed by atoms with E-state index in [1.54, 1.807) is 39.0 Å². The van der Waals surface area contributed by atoms with Gasteiger partial charge in [-0.2, -0.15) is 0 Å². The van der Waals surface area contributed by atoms with Crippen LogP contribution in [-0.4, -0.2) is 106 Å². The third-order valence-corrected chi connectivity index (χ3v) is 10.5. The van der Waals surface area contributed by atoms with Gasteiger partial charge in [-0.05, 0) is 42.4 Å². The number of rotatable bonds is 6. The minimum atomic E-state index is -3.09. The lowest BCUT2D eigenvalue weighted by Crippen LogP contribution is -2.54. The van der Waals surface area contributed by atoms with Crippen LogP contribution in [0.2, 0.25) is 0 Å². The minimum absolute atomic E-state index is 0.000698. The first-order valence-electron chi connectivity index (χ1n) is 15.3. The lowest BCUT2D eigenvalue weighted by Gasteiger charge is -2.41. The lowest BCUT2D eigenvalue weighted by molar-refractivity contribution is -0.137. The fraction of sp³-hybridized carbons (Fsp3) is 0.484. The van der Waals surface area contributed by atoms with Crippen molar-refractivity contribution >= 4 is 27.6 Å². The number of carbonyl (C=O) groups excluding carboxylic acids is 3. The Hall–Kier alpha value is -4.33. The molecule has 0 spiro atoms. The molecule has 13 nitrogen and oxygen atoms in total. The predicted molar refractivity (Wildman–Crippen MR) is 163 cm³/mol. The van der Waals surface area contributed by atoms with E-state index < -0.39 is 21.8 Å². The second-order valence-electron chi connectivity index (χ2n) is 11.9. The summed E-state index contributed by atoms with van der Waals surface area (Å²) in [6, 6.07) is 12.2. The fourth-order valence-electron chi connectivity index (χ4n) is 6.32. The Balaban J connectivity index is 1.20. The highest BCUT2D eigenvalue weighted by Gasteiger charge is 2.38. The van der Waals surface area contributed by atoms with Gasteiger partial charge in [0.25, 0.3) is 5.91 Å². The number of hydrogen-bond donors (Lipinski definition) is 1. The van der Waals surface area contributed by atoms with Crippen LogP contribution in [0.3, 0.4) is 0 Å². The Bertz CT molecular complexity index is 1630. The second kappa shape index (κ2) is 13.3. The zero-order valence-corrected chi connectivity index (χ0v) is 25.8. The van der Waals surface area contributed by atoms with Gasteiger partial charge in [-0.25, -0.2) is 18.1 Å². The molecule has 3 aromatic rings. The van der Waals surface area contributed by atoms with E-state index in [9.17, 15) is 22.8 Å². The van der Waals surface area contributed by atoms with Crippen molar-refractivity contribution in [3.63, 3.8) is 0 Å². The number of aromatic nitrogens is 4. The summed E-state index contributed by atoms with van der Waals surface area (Å²) in [7, 11) is -3.09. The average Bonchev–Trinajstić information content (AvgIpc) is 3.47. The average molecular weight is 636 g/mol. The maximum absolute atomic E-state index is 14.0. The fourth-order valence-corrected chi connectivity index (χ4v) is 7.52. The van der Waals surface area contributed by atoms with Crippen LogP contribution in [0.25, 0.3) is 0 Å². The lowest BCUT2D eigenvalue weighted by atomic mass is 9.80. The Morgan fingerprint density at radius 3 is 2.62 bits per heavy atom. The van der Waals surface area contributed by atoms with Gasteiger partial charge in [0.1, 0.15) is 11.6 Å². The van der Waals surface area contributed by atoms with Crippen molar-refractivity contribution in [2.75, 3.05) is 44.3 Å². The quantitative estimate of drug-likeness (QED) is 0.417. The molecule has 45 heavy (non-hydrogen) atoms. The van der Waals surface area contributed by atoms with Crippen LogP contribution in [0.15, 0.2) is 54.9 Å². The van der Waals surface area contributed by atoms with Crippen molar-refractivity contribution in [1.29, 1.82) is 0 Å². The molecule has 3 amide bonds. The first-order chi connectivity index (χ1) is 21.7. The zero-order valence-electron chi connectivity index (χ0n) is 25.0. The molecule has 5 heterocycles. The molecule has 2 aromatic heterocycles. The standard InChI is InChI=1S/C31H37N7O6S/c39-28(36-12-15-45(42,43)16-13-36)17-23-8-11-37-20-24(23)9-14-44-30-26(7-4-10-32-30)29(40)33-27(31(37)41)18-25-21-38(35-34-25)19-22-5-2-1-3-6-22/h1-7,10,21,23-24,27H,8-9,11-20H2,(H,33,40)/t23-,24-,27+/m0/s1. The summed E-state index contributed by atoms with van der Waals surface area (Å²) in [6.45, 7) is 2.07. The van der Waals surface area contributed by atoms with Gasteiger partial charge < -0.3 is 19.9 Å². The van der Waals surface area contributed by atoms with Gasteiger partial charge >= 0.3 is 0 Å². The van der Waals surface area contributed by atoms with Crippen LogP contribution >= 0.6 is 0 Å². The predicted octanol–water partition coefficient (Wildman–Crippen LogP) is 0.957. The molecule has 6 rings (SSSR count). The summed E-state index contributed by atoms with van der Waals surface area (Å²) in [6.07, 6.45) is 4.94. The van der Waals surface area contributed by atoms with Gasteiger partial charge in [0.05, 0.1) is 30.4 Å². The highest BCUT2D eigenvalue weighted by molar-refractivity contribution is 7.91. The van der Waals surface area contributed by atoms with Crippen molar-refractivity contribution in [1.82, 2.24) is 35.1 Å². The van der Waals surface area contributed by atoms with Crippen LogP contribution in [0.4, 0.5) is 0 Å². The largest absolute Gasteiger partial charge is 0.477 e. The molecule has 0 radical (unpaired) electrons. The number of carbonyl (C=O) groups is 3. The highest BCUT2D eigenvalue weighted by Crippen LogP contribution is 2.31. The van der Waals surface area contributed by atoms with E-state index in [2.05, 4.69) is 20.6 Å². The molecule has 0 unspecified atom stereocenters. The monoisotopic (exact) mass is 635 g/mol. The number of benzene rings is 1. The number of amides is 3. The number of sulfone groups is 1. The van der Waals surface area contributed by atoms with Gasteiger partial charge in [-0.1, -0.05) is 35.5 Å². The normalized spacial score (nSPS) is 23.6. The van der Waals surface area contributed by atoms with Crippen molar-refractivity contribution in [3.05, 3.63) is 71.7 Å². The maximum atomic E-state index is 14.0. The van der Waals surface area contributed by atoms with Crippen LogP contribution < -0.4 is 10.1 Å². The summed E-state index contributed by atoms with van der Waals surface area (Å²) < 4.78 is 31.4. The number of piperidine rings is 1. The smallest absolute Gasteiger partial charge is 0.257 e. The van der Waals surface area contributed by atoms with E-state index >= 15 is 0 Å². The molecule has 1 N–H and O–H groups in total. The van der Waals surface area contributed by atoms with Gasteiger partial charge in [0.2, 0.25) is 17.7 Å². The molecular weight excluding hydrogens is 598 g/mol. The van der Waals surface area contributed by atoms with E-state index in [-0.39, 0.29) is 79.1 Å². The summed E-state index contributed by atoms with van der Waals surface area (Å²) >= 11 is 0. The summed E-state index contributed by atoms with van der Waals surface area (Å²) in [4.78, 5) is 48.4. The van der Waals surface area contributed by atoms with E-state index in [1.807, 2.05) is 30.3 Å². The number of pyridine rings is 1. The highest BCUT2D eigenvalue weighted by atomic mass is 32.2. The number of nitrogens with one attached hydrogen (secondary N) is 1. The third kappa shape index (κ3) is 7.49. The maximum Gasteiger partial charge on any atom is 0.257 e. The molecule has 14 heteroatoms. The van der Waals surface area contributed by atoms with Gasteiger partial charge in [0.15, 0.2) is 9.84 Å². The second-order valence-corrected chi connectivity index (χ2v) is 14.2. The van der Waals surface area contributed by atoms with Gasteiger partial charge in [-0.15, -0.1) is 5.10 Å². The summed E-state index contributed by atoms with van der Waals surface area (Å²) in [5.74, 6) is -0.609. The molecule has 238 valence electrons. The van der Waals surface area contributed by atoms with Gasteiger partial charge in [-0.3, -0.25) is 14.4 Å². The van der Waals surface area contributed by atoms with Crippen molar-refractivity contribution in [3.8, 4) is 5.88 Å². The topological polar surface area (TPSA) is 157 Å². The van der Waals surface area contributed by atoms with Gasteiger partial charge in [0, 0.05) is 51.4 Å². The molecule has 0 aliphatic carbocycles. The molecule has 2 saturated heterocycles. The molecule has 3 aliphatic heterocycles. The molecular formula is C31H37N7O6S. The molecule has 0 saturated carbocycles. The van der Waals surface area contributed by atoms with E-state index in [0.29, 0.717) is 38.2 Å². The summed E-state index contributed by atoms with van der Waals surface area (Å²) in [5, 5.41) is 11.4. The van der Waals surface area contributed by atoms with E-state index in [0.717, 1.165) is 5.56 Å². The van der Waals surface area contributed by atoms with Crippen LogP contribution in [0.5, 0.6) is 5.88 Å². The number of hydrogen-bond acceptors (Lipinski definition) is 9. The number of ether oxygens (including phenoxy) is 1.